The molecular formula is C15H21NO. The number of hydrogen-bond acceptors (Lipinski definition) is 2. The lowest BCUT2D eigenvalue weighted by Crippen LogP contribution is -2.33. The van der Waals surface area contributed by atoms with Crippen molar-refractivity contribution >= 4 is 0 Å². The van der Waals surface area contributed by atoms with Crippen molar-refractivity contribution in [2.45, 2.75) is 31.9 Å². The molecule has 0 amide bonds. The Hall–Kier alpha value is -1.30. The fraction of sp³-hybridized carbons (Fsp3) is 0.467. The fourth-order valence-electron chi connectivity index (χ4n) is 1.95. The van der Waals surface area contributed by atoms with Crippen LogP contribution in [0.4, 0.5) is 0 Å². The van der Waals surface area contributed by atoms with Gasteiger partial charge in [0.25, 0.3) is 0 Å². The quantitative estimate of drug-likeness (QED) is 0.729. The summed E-state index contributed by atoms with van der Waals surface area (Å²) in [6.45, 7) is 2.72. The summed E-state index contributed by atoms with van der Waals surface area (Å²) in [4.78, 5) is 0. The van der Waals surface area contributed by atoms with Crippen LogP contribution in [0.2, 0.25) is 0 Å². The predicted octanol–water partition coefficient (Wildman–Crippen LogP) is 2.77. The molecule has 0 saturated carbocycles. The van der Waals surface area contributed by atoms with Gasteiger partial charge in [-0.25, -0.2) is 0 Å². The highest BCUT2D eigenvalue weighted by molar-refractivity contribution is 5.19. The van der Waals surface area contributed by atoms with Crippen LogP contribution in [0.25, 0.3) is 0 Å². The van der Waals surface area contributed by atoms with E-state index < -0.39 is 0 Å². The molecule has 1 N–H and O–H groups in total. The number of hydrogen-bond donors (Lipinski definition) is 1. The molecule has 17 heavy (non-hydrogen) atoms. The smallest absolute Gasteiger partial charge is 0.0977 e. The molecule has 0 aliphatic rings. The van der Waals surface area contributed by atoms with Crippen LogP contribution in [-0.4, -0.2) is 19.7 Å². The normalized spacial score (nSPS) is 13.9. The van der Waals surface area contributed by atoms with E-state index >= 15 is 0 Å². The topological polar surface area (TPSA) is 21.3 Å². The third-order valence-electron chi connectivity index (χ3n) is 2.81. The maximum Gasteiger partial charge on any atom is 0.0977 e. The van der Waals surface area contributed by atoms with Crippen LogP contribution in [-0.2, 0) is 4.74 Å². The minimum atomic E-state index is 0.0690. The highest BCUT2D eigenvalue weighted by atomic mass is 16.5. The average Bonchev–Trinajstić information content (AvgIpc) is 2.39. The lowest BCUT2D eigenvalue weighted by atomic mass is 9.98. The predicted molar refractivity (Wildman–Crippen MR) is 71.7 cm³/mol. The van der Waals surface area contributed by atoms with Gasteiger partial charge in [0, 0.05) is 19.1 Å². The fourth-order valence-corrected chi connectivity index (χ4v) is 1.95. The summed E-state index contributed by atoms with van der Waals surface area (Å²) in [6.07, 6.45) is 7.08. The van der Waals surface area contributed by atoms with Gasteiger partial charge in [0.15, 0.2) is 0 Å². The number of rotatable bonds is 7. The standard InChI is InChI=1S/C15H21NO/c1-4-6-12-14(16-3)15(17-5-2)13-10-8-7-9-11-13/h1,7-11,14-16H,5-6,12H2,2-3H3. The zero-order valence-electron chi connectivity index (χ0n) is 10.6. The molecule has 0 radical (unpaired) electrons. The van der Waals surface area contributed by atoms with Gasteiger partial charge < -0.3 is 10.1 Å². The summed E-state index contributed by atoms with van der Waals surface area (Å²) in [5.74, 6) is 2.69. The van der Waals surface area contributed by atoms with E-state index in [0.29, 0.717) is 6.61 Å². The van der Waals surface area contributed by atoms with Crippen molar-refractivity contribution in [3.8, 4) is 12.3 Å². The van der Waals surface area contributed by atoms with Crippen molar-refractivity contribution in [2.24, 2.45) is 0 Å². The average molecular weight is 231 g/mol. The van der Waals surface area contributed by atoms with Crippen LogP contribution in [0.3, 0.4) is 0 Å². The first-order chi connectivity index (χ1) is 8.33. The van der Waals surface area contributed by atoms with E-state index in [2.05, 4.69) is 23.4 Å². The monoisotopic (exact) mass is 231 g/mol. The molecule has 0 aromatic heterocycles. The lowest BCUT2D eigenvalue weighted by molar-refractivity contribution is 0.0333. The van der Waals surface area contributed by atoms with Gasteiger partial charge in [-0.15, -0.1) is 12.3 Å². The SMILES string of the molecule is C#CCCC(NC)C(OCC)c1ccccc1. The maximum atomic E-state index is 5.85. The van der Waals surface area contributed by atoms with Gasteiger partial charge in [0.05, 0.1) is 6.10 Å². The molecule has 2 heteroatoms. The van der Waals surface area contributed by atoms with E-state index in [-0.39, 0.29) is 12.1 Å². The molecule has 0 heterocycles. The lowest BCUT2D eigenvalue weighted by Gasteiger charge is -2.26. The first-order valence-corrected chi connectivity index (χ1v) is 6.10. The van der Waals surface area contributed by atoms with Gasteiger partial charge in [0.1, 0.15) is 0 Å². The van der Waals surface area contributed by atoms with Crippen LogP contribution in [0.15, 0.2) is 30.3 Å². The number of ether oxygens (including phenoxy) is 1. The zero-order valence-corrected chi connectivity index (χ0v) is 10.6. The molecule has 1 aromatic carbocycles. The molecule has 2 unspecified atom stereocenters. The molecule has 0 spiro atoms. The van der Waals surface area contributed by atoms with Crippen molar-refractivity contribution in [3.63, 3.8) is 0 Å². The zero-order chi connectivity index (χ0) is 12.5. The van der Waals surface area contributed by atoms with Gasteiger partial charge in [-0.2, -0.15) is 0 Å². The Kier molecular flexibility index (Phi) is 6.39. The molecule has 0 fully saturated rings. The third-order valence-corrected chi connectivity index (χ3v) is 2.81. The van der Waals surface area contributed by atoms with E-state index in [0.717, 1.165) is 12.8 Å². The Balaban J connectivity index is 2.79. The Bertz CT molecular complexity index is 342. The van der Waals surface area contributed by atoms with E-state index in [9.17, 15) is 0 Å². The van der Waals surface area contributed by atoms with Crippen LogP contribution >= 0.6 is 0 Å². The summed E-state index contributed by atoms with van der Waals surface area (Å²) in [5.41, 5.74) is 1.20. The van der Waals surface area contributed by atoms with Gasteiger partial charge in [0.2, 0.25) is 0 Å². The van der Waals surface area contributed by atoms with E-state index in [1.165, 1.54) is 5.56 Å². The van der Waals surface area contributed by atoms with E-state index in [4.69, 9.17) is 11.2 Å². The summed E-state index contributed by atoms with van der Waals surface area (Å²) in [6, 6.07) is 10.5. The summed E-state index contributed by atoms with van der Waals surface area (Å²) < 4.78 is 5.85. The Labute approximate surface area is 104 Å². The van der Waals surface area contributed by atoms with Crippen molar-refractivity contribution in [2.75, 3.05) is 13.7 Å². The minimum absolute atomic E-state index is 0.0690. The van der Waals surface area contributed by atoms with Crippen LogP contribution < -0.4 is 5.32 Å². The van der Waals surface area contributed by atoms with Crippen molar-refractivity contribution < 1.29 is 4.74 Å². The van der Waals surface area contributed by atoms with Gasteiger partial charge >= 0.3 is 0 Å². The highest BCUT2D eigenvalue weighted by Gasteiger charge is 2.21. The first kappa shape index (κ1) is 13.8. The van der Waals surface area contributed by atoms with Crippen molar-refractivity contribution in [1.29, 1.82) is 0 Å². The van der Waals surface area contributed by atoms with Crippen LogP contribution in [0.5, 0.6) is 0 Å². The molecular weight excluding hydrogens is 210 g/mol. The number of likely N-dealkylation sites (N-methyl/N-ethyl adjacent to an activating group) is 1. The van der Waals surface area contributed by atoms with Gasteiger partial charge in [-0.05, 0) is 26.0 Å². The second-order valence-corrected chi connectivity index (χ2v) is 3.92. The molecule has 92 valence electrons. The molecule has 0 bridgehead atoms. The molecule has 2 nitrogen and oxygen atoms in total. The Morgan fingerprint density at radius 3 is 2.59 bits per heavy atom. The van der Waals surface area contributed by atoms with Crippen molar-refractivity contribution in [3.05, 3.63) is 35.9 Å². The van der Waals surface area contributed by atoms with Gasteiger partial charge in [-0.1, -0.05) is 30.3 Å². The van der Waals surface area contributed by atoms with Crippen LogP contribution in [0.1, 0.15) is 31.4 Å². The summed E-state index contributed by atoms with van der Waals surface area (Å²) in [7, 11) is 1.95. The number of nitrogens with one attached hydrogen (secondary N) is 1. The summed E-state index contributed by atoms with van der Waals surface area (Å²) in [5, 5.41) is 3.30. The number of terminal acetylenes is 1. The van der Waals surface area contributed by atoms with Gasteiger partial charge in [-0.3, -0.25) is 0 Å². The second-order valence-electron chi connectivity index (χ2n) is 3.92. The first-order valence-electron chi connectivity index (χ1n) is 6.10. The molecule has 1 aromatic rings. The van der Waals surface area contributed by atoms with Crippen LogP contribution in [0, 0.1) is 12.3 Å². The van der Waals surface area contributed by atoms with E-state index in [1.54, 1.807) is 0 Å². The molecule has 0 aliphatic heterocycles. The largest absolute Gasteiger partial charge is 0.372 e. The number of benzene rings is 1. The molecule has 0 aliphatic carbocycles. The second kappa shape index (κ2) is 7.89. The molecule has 2 atom stereocenters. The molecule has 1 rings (SSSR count). The van der Waals surface area contributed by atoms with Crippen molar-refractivity contribution in [1.82, 2.24) is 5.32 Å². The van der Waals surface area contributed by atoms with E-state index in [1.807, 2.05) is 32.2 Å². The highest BCUT2D eigenvalue weighted by Crippen LogP contribution is 2.23. The Morgan fingerprint density at radius 2 is 2.06 bits per heavy atom. The third kappa shape index (κ3) is 4.22. The minimum Gasteiger partial charge on any atom is -0.372 e. The maximum absolute atomic E-state index is 5.85. The molecule has 0 saturated heterocycles. The Morgan fingerprint density at radius 1 is 1.35 bits per heavy atom. The summed E-state index contributed by atoms with van der Waals surface area (Å²) >= 11 is 0.